The highest BCUT2D eigenvalue weighted by Crippen LogP contribution is 2.30. The number of hydrazine groups is 1. The van der Waals surface area contributed by atoms with E-state index in [9.17, 15) is 23.2 Å². The SMILES string of the molecule is Cc1nn(-c2ccc(F)cc2)c2sc(C(=O)OCC(=O)NNC(=O)c3ccccc3F)cc12. The van der Waals surface area contributed by atoms with Gasteiger partial charge in [0.05, 0.1) is 16.9 Å². The zero-order valence-corrected chi connectivity index (χ0v) is 17.9. The molecule has 2 aromatic heterocycles. The van der Waals surface area contributed by atoms with Crippen LogP contribution < -0.4 is 10.9 Å². The second kappa shape index (κ2) is 9.17. The minimum Gasteiger partial charge on any atom is -0.451 e. The normalized spacial score (nSPS) is 10.8. The summed E-state index contributed by atoms with van der Waals surface area (Å²) in [6, 6.07) is 12.6. The van der Waals surface area contributed by atoms with Gasteiger partial charge in [-0.3, -0.25) is 20.4 Å². The molecular weight excluding hydrogens is 454 g/mol. The van der Waals surface area contributed by atoms with Gasteiger partial charge in [-0.05, 0) is 49.4 Å². The van der Waals surface area contributed by atoms with Gasteiger partial charge in [0.1, 0.15) is 21.3 Å². The van der Waals surface area contributed by atoms with Crippen LogP contribution in [0, 0.1) is 18.6 Å². The molecule has 11 heteroatoms. The third kappa shape index (κ3) is 4.72. The van der Waals surface area contributed by atoms with Gasteiger partial charge in [0, 0.05) is 5.39 Å². The number of carbonyl (C=O) groups excluding carboxylic acids is 3. The number of aryl methyl sites for hydroxylation is 1. The van der Waals surface area contributed by atoms with E-state index in [0.29, 0.717) is 16.2 Å². The van der Waals surface area contributed by atoms with Gasteiger partial charge in [-0.2, -0.15) is 5.10 Å². The van der Waals surface area contributed by atoms with Crippen molar-refractivity contribution in [2.24, 2.45) is 0 Å². The summed E-state index contributed by atoms with van der Waals surface area (Å²) >= 11 is 1.11. The van der Waals surface area contributed by atoms with Crippen LogP contribution in [0.5, 0.6) is 0 Å². The maximum absolute atomic E-state index is 13.6. The molecule has 33 heavy (non-hydrogen) atoms. The van der Waals surface area contributed by atoms with Gasteiger partial charge in [0.25, 0.3) is 11.8 Å². The molecule has 0 aliphatic heterocycles. The number of esters is 1. The molecule has 2 aromatic carbocycles. The quantitative estimate of drug-likeness (QED) is 0.344. The highest BCUT2D eigenvalue weighted by atomic mass is 32.1. The van der Waals surface area contributed by atoms with E-state index in [0.717, 1.165) is 22.8 Å². The molecule has 0 unspecified atom stereocenters. The van der Waals surface area contributed by atoms with E-state index in [-0.39, 0.29) is 16.3 Å². The summed E-state index contributed by atoms with van der Waals surface area (Å²) < 4.78 is 33.4. The van der Waals surface area contributed by atoms with Gasteiger partial charge in [0.15, 0.2) is 6.61 Å². The fourth-order valence-electron chi connectivity index (χ4n) is 2.98. The van der Waals surface area contributed by atoms with Crippen molar-refractivity contribution in [3.63, 3.8) is 0 Å². The van der Waals surface area contributed by atoms with Crippen molar-refractivity contribution >= 4 is 39.3 Å². The Kier molecular flexibility index (Phi) is 6.13. The van der Waals surface area contributed by atoms with Gasteiger partial charge in [0.2, 0.25) is 0 Å². The lowest BCUT2D eigenvalue weighted by atomic mass is 10.2. The van der Waals surface area contributed by atoms with Crippen molar-refractivity contribution in [3.8, 4) is 5.69 Å². The average molecular weight is 470 g/mol. The number of halogens is 2. The van der Waals surface area contributed by atoms with E-state index in [2.05, 4.69) is 16.0 Å². The van der Waals surface area contributed by atoms with E-state index in [1.54, 1.807) is 29.8 Å². The summed E-state index contributed by atoms with van der Waals surface area (Å²) in [5, 5.41) is 5.14. The second-order valence-electron chi connectivity index (χ2n) is 6.86. The molecule has 8 nitrogen and oxygen atoms in total. The molecule has 0 radical (unpaired) electrons. The Bertz CT molecular complexity index is 1360. The minimum atomic E-state index is -0.849. The lowest BCUT2D eigenvalue weighted by Crippen LogP contribution is -2.43. The van der Waals surface area contributed by atoms with Crippen molar-refractivity contribution in [2.45, 2.75) is 6.92 Å². The lowest BCUT2D eigenvalue weighted by Gasteiger charge is -2.08. The van der Waals surface area contributed by atoms with Crippen LogP contribution >= 0.6 is 11.3 Å². The number of carbonyl (C=O) groups is 3. The highest BCUT2D eigenvalue weighted by molar-refractivity contribution is 7.20. The Morgan fingerprint density at radius 2 is 1.79 bits per heavy atom. The molecule has 0 aliphatic carbocycles. The summed E-state index contributed by atoms with van der Waals surface area (Å²) in [5.41, 5.74) is 5.16. The summed E-state index contributed by atoms with van der Waals surface area (Å²) in [5.74, 6) is -3.51. The first-order valence-electron chi connectivity index (χ1n) is 9.59. The minimum absolute atomic E-state index is 0.240. The molecule has 0 atom stereocenters. The van der Waals surface area contributed by atoms with E-state index < -0.39 is 30.2 Å². The van der Waals surface area contributed by atoms with Crippen LogP contribution in [0.15, 0.2) is 54.6 Å². The number of amides is 2. The molecule has 0 spiro atoms. The van der Waals surface area contributed by atoms with Crippen molar-refractivity contribution in [2.75, 3.05) is 6.61 Å². The smallest absolute Gasteiger partial charge is 0.348 e. The Morgan fingerprint density at radius 1 is 1.06 bits per heavy atom. The number of ether oxygens (including phenoxy) is 1. The number of fused-ring (bicyclic) bond motifs is 1. The fourth-order valence-corrected chi connectivity index (χ4v) is 4.06. The van der Waals surface area contributed by atoms with E-state index in [4.69, 9.17) is 4.74 Å². The van der Waals surface area contributed by atoms with Crippen molar-refractivity contribution in [3.05, 3.63) is 82.4 Å². The Morgan fingerprint density at radius 3 is 2.52 bits per heavy atom. The number of nitrogens with one attached hydrogen (secondary N) is 2. The standard InChI is InChI=1S/C22H16F2N4O4S/c1-12-16-10-18(33-21(16)28(27-12)14-8-6-13(23)7-9-14)22(31)32-11-19(29)25-26-20(30)15-4-2-3-5-17(15)24/h2-10H,11H2,1H3,(H,25,29)(H,26,30). The molecule has 168 valence electrons. The molecule has 0 saturated heterocycles. The fraction of sp³-hybridized carbons (Fsp3) is 0.0909. The zero-order chi connectivity index (χ0) is 23.5. The first kappa shape index (κ1) is 22.1. The number of aromatic nitrogens is 2. The predicted octanol–water partition coefficient (Wildman–Crippen LogP) is 3.29. The molecule has 0 aliphatic rings. The highest BCUT2D eigenvalue weighted by Gasteiger charge is 2.19. The third-order valence-corrected chi connectivity index (χ3v) is 5.68. The Balaban J connectivity index is 1.38. The van der Waals surface area contributed by atoms with Gasteiger partial charge in [-0.25, -0.2) is 18.3 Å². The number of thiophene rings is 1. The van der Waals surface area contributed by atoms with E-state index in [1.807, 2.05) is 0 Å². The molecule has 2 heterocycles. The molecule has 0 fully saturated rings. The largest absolute Gasteiger partial charge is 0.451 e. The number of hydrogen-bond acceptors (Lipinski definition) is 6. The third-order valence-electron chi connectivity index (χ3n) is 4.59. The number of benzene rings is 2. The summed E-state index contributed by atoms with van der Waals surface area (Å²) in [6.45, 7) is 1.11. The first-order valence-corrected chi connectivity index (χ1v) is 10.4. The molecule has 4 aromatic rings. The maximum atomic E-state index is 13.6. The van der Waals surface area contributed by atoms with Crippen LogP contribution in [0.1, 0.15) is 25.7 Å². The maximum Gasteiger partial charge on any atom is 0.348 e. The topological polar surface area (TPSA) is 102 Å². The summed E-state index contributed by atoms with van der Waals surface area (Å²) in [4.78, 5) is 37.1. The average Bonchev–Trinajstić information content (AvgIpc) is 3.37. The Labute approximate surface area is 189 Å². The van der Waals surface area contributed by atoms with Crippen molar-refractivity contribution < 1.29 is 27.9 Å². The lowest BCUT2D eigenvalue weighted by molar-refractivity contribution is -0.125. The van der Waals surface area contributed by atoms with Crippen LogP contribution in [-0.2, 0) is 9.53 Å². The van der Waals surface area contributed by atoms with Crippen LogP contribution in [-0.4, -0.2) is 34.2 Å². The molecule has 4 rings (SSSR count). The monoisotopic (exact) mass is 470 g/mol. The van der Waals surface area contributed by atoms with Crippen LogP contribution in [0.25, 0.3) is 15.9 Å². The van der Waals surface area contributed by atoms with E-state index in [1.165, 1.54) is 30.3 Å². The van der Waals surface area contributed by atoms with Gasteiger partial charge in [-0.15, -0.1) is 11.3 Å². The second-order valence-corrected chi connectivity index (χ2v) is 7.89. The predicted molar refractivity (Wildman–Crippen MR) is 116 cm³/mol. The summed E-state index contributed by atoms with van der Waals surface area (Å²) in [7, 11) is 0. The zero-order valence-electron chi connectivity index (χ0n) is 17.1. The number of rotatable bonds is 5. The van der Waals surface area contributed by atoms with Gasteiger partial charge in [-0.1, -0.05) is 12.1 Å². The summed E-state index contributed by atoms with van der Waals surface area (Å²) in [6.07, 6.45) is 0. The van der Waals surface area contributed by atoms with Crippen molar-refractivity contribution in [1.82, 2.24) is 20.6 Å². The molecule has 0 bridgehead atoms. The van der Waals surface area contributed by atoms with Gasteiger partial charge < -0.3 is 4.74 Å². The van der Waals surface area contributed by atoms with Crippen LogP contribution in [0.3, 0.4) is 0 Å². The molecule has 2 amide bonds. The molecule has 0 saturated carbocycles. The number of nitrogens with zero attached hydrogens (tertiary/aromatic N) is 2. The number of hydrogen-bond donors (Lipinski definition) is 2. The molecule has 2 N–H and O–H groups in total. The van der Waals surface area contributed by atoms with Crippen LogP contribution in [0.4, 0.5) is 8.78 Å². The van der Waals surface area contributed by atoms with Crippen LogP contribution in [0.2, 0.25) is 0 Å². The first-order chi connectivity index (χ1) is 15.8. The van der Waals surface area contributed by atoms with Crippen molar-refractivity contribution in [1.29, 1.82) is 0 Å². The Hall–Kier alpha value is -4.12. The van der Waals surface area contributed by atoms with Gasteiger partial charge >= 0.3 is 5.97 Å². The molecular formula is C22H16F2N4O4S. The van der Waals surface area contributed by atoms with E-state index >= 15 is 0 Å².